The van der Waals surface area contributed by atoms with Crippen LogP contribution < -0.4 is 10.6 Å². The molecule has 4 atom stereocenters. The summed E-state index contributed by atoms with van der Waals surface area (Å²) in [5, 5.41) is 8.28. The van der Waals surface area contributed by atoms with Gasteiger partial charge >= 0.3 is 12.2 Å². The van der Waals surface area contributed by atoms with Gasteiger partial charge in [-0.1, -0.05) is 99.4 Å². The number of imidazole rings is 1. The summed E-state index contributed by atoms with van der Waals surface area (Å²) in [5.41, 5.74) is 6.29. The minimum atomic E-state index is -0.728. The molecule has 3 aromatic carbocycles. The number of aromatic amines is 1. The first-order valence-electron chi connectivity index (χ1n) is 20.4. The second-order valence-corrected chi connectivity index (χ2v) is 17.0. The van der Waals surface area contributed by atoms with Crippen LogP contribution in [0.15, 0.2) is 70.8 Å². The Balaban J connectivity index is 1.03. The normalized spacial score (nSPS) is 18.9. The predicted octanol–water partition coefficient (Wildman–Crippen LogP) is 8.72. The number of amides is 4. The number of hydrogen-bond donors (Lipinski definition) is 3. The standard InChI is InChI=1S/C45H51Cl2N7O6/c1-24(2)36(50-44(57)59-5)42(55)53-19-7-9-34(53)33-23-32(39(46)48-33)27-13-11-26(12-14-27)28-15-16-30-22-31(18-17-29(30)21-28)38-40(47)52-41(49-38)35-10-8-20-54(35)43(56)37(25(3)4)51-45(58)60-6/h11-18,21-22,24-25,34-37H,7-10,19-20,23H2,1-6H3,(H,49,52)(H,50,57)(H,51,58)/t34-,35-,36-,37-/m0/s1. The van der Waals surface area contributed by atoms with Crippen LogP contribution in [0.3, 0.4) is 0 Å². The maximum Gasteiger partial charge on any atom is 0.407 e. The van der Waals surface area contributed by atoms with Gasteiger partial charge in [-0.2, -0.15) is 0 Å². The van der Waals surface area contributed by atoms with Crippen LogP contribution >= 0.6 is 23.2 Å². The van der Waals surface area contributed by atoms with Crippen LogP contribution in [-0.2, 0) is 19.1 Å². The number of nitrogens with zero attached hydrogens (tertiary/aromatic N) is 4. The van der Waals surface area contributed by atoms with Gasteiger partial charge in [0.05, 0.1) is 26.3 Å². The number of carbonyl (C=O) groups excluding carboxylic acids is 4. The summed E-state index contributed by atoms with van der Waals surface area (Å²) in [4.78, 5) is 67.8. The van der Waals surface area contributed by atoms with Crippen LogP contribution in [0.1, 0.15) is 77.2 Å². The highest BCUT2D eigenvalue weighted by Crippen LogP contribution is 2.39. The van der Waals surface area contributed by atoms with Gasteiger partial charge in [-0.25, -0.2) is 19.6 Å². The van der Waals surface area contributed by atoms with Crippen molar-refractivity contribution in [3.05, 3.63) is 82.4 Å². The van der Waals surface area contributed by atoms with E-state index in [0.29, 0.717) is 41.3 Å². The van der Waals surface area contributed by atoms with E-state index in [1.54, 1.807) is 4.90 Å². The van der Waals surface area contributed by atoms with E-state index >= 15 is 0 Å². The largest absolute Gasteiger partial charge is 0.453 e. The molecule has 1 aromatic heterocycles. The third kappa shape index (κ3) is 8.74. The number of alkyl carbamates (subject to hydrolysis) is 2. The lowest BCUT2D eigenvalue weighted by Gasteiger charge is -2.31. The van der Waals surface area contributed by atoms with E-state index in [0.717, 1.165) is 70.0 Å². The molecule has 3 aliphatic rings. The summed E-state index contributed by atoms with van der Waals surface area (Å²) < 4.78 is 9.54. The SMILES string of the molecule is COC(=O)N[C@H](C(=O)N1CCC[C@H]1C1=NC(Cl)=C(c2ccc(-c3ccc4cc(-c5nc([C@@H]6CCCN6C(=O)[C@@H](NC(=O)OC)C(C)C)[nH]c5Cl)ccc4c3)cc2)C1)C(C)C. The molecule has 4 amide bonds. The number of halogens is 2. The molecule has 4 aromatic rings. The van der Waals surface area contributed by atoms with Crippen molar-refractivity contribution in [2.24, 2.45) is 16.8 Å². The Bertz CT molecular complexity index is 2360. The Morgan fingerprint density at radius 3 is 1.78 bits per heavy atom. The molecule has 0 spiro atoms. The van der Waals surface area contributed by atoms with E-state index in [1.165, 1.54) is 14.2 Å². The van der Waals surface area contributed by atoms with Crippen molar-refractivity contribution in [1.82, 2.24) is 30.4 Å². The fourth-order valence-corrected chi connectivity index (χ4v) is 9.04. The smallest absolute Gasteiger partial charge is 0.407 e. The Morgan fingerprint density at radius 2 is 1.22 bits per heavy atom. The number of ether oxygens (including phenoxy) is 2. The van der Waals surface area contributed by atoms with Gasteiger partial charge in [0, 0.05) is 36.4 Å². The van der Waals surface area contributed by atoms with Crippen molar-refractivity contribution in [2.75, 3.05) is 27.3 Å². The van der Waals surface area contributed by atoms with Crippen LogP contribution in [0, 0.1) is 11.8 Å². The average molecular weight is 857 g/mol. The number of methoxy groups -OCH3 is 2. The van der Waals surface area contributed by atoms with Crippen LogP contribution in [-0.4, -0.2) is 94.9 Å². The number of aliphatic imine (C=N–C) groups is 1. The number of hydrogen-bond acceptors (Lipinski definition) is 8. The average Bonchev–Trinajstić information content (AvgIpc) is 4.07. The van der Waals surface area contributed by atoms with Gasteiger partial charge in [-0.05, 0) is 77.1 Å². The number of aromatic nitrogens is 2. The van der Waals surface area contributed by atoms with Crippen LogP contribution in [0.25, 0.3) is 38.7 Å². The predicted molar refractivity (Wildman–Crippen MR) is 234 cm³/mol. The summed E-state index contributed by atoms with van der Waals surface area (Å²) in [6, 6.07) is 18.8. The van der Waals surface area contributed by atoms with Crippen molar-refractivity contribution in [3.63, 3.8) is 0 Å². The monoisotopic (exact) mass is 855 g/mol. The first kappa shape index (κ1) is 42.7. The van der Waals surface area contributed by atoms with E-state index in [9.17, 15) is 19.2 Å². The molecule has 3 N–H and O–H groups in total. The highest BCUT2D eigenvalue weighted by atomic mass is 35.5. The summed E-state index contributed by atoms with van der Waals surface area (Å²) >= 11 is 13.5. The number of fused-ring (bicyclic) bond motifs is 1. The molecule has 2 saturated heterocycles. The maximum atomic E-state index is 13.6. The number of carbonyl (C=O) groups is 4. The summed E-state index contributed by atoms with van der Waals surface area (Å²) in [6.45, 7) is 8.70. The number of likely N-dealkylation sites (tertiary alicyclic amines) is 2. The Hall–Kier alpha value is -5.40. The molecule has 15 heteroatoms. The number of allylic oxidation sites excluding steroid dienone is 1. The lowest BCUT2D eigenvalue weighted by molar-refractivity contribution is -0.135. The van der Waals surface area contributed by atoms with Gasteiger partial charge in [-0.3, -0.25) is 9.59 Å². The Morgan fingerprint density at radius 1 is 0.717 bits per heavy atom. The van der Waals surface area contributed by atoms with Gasteiger partial charge in [0.1, 0.15) is 33.9 Å². The van der Waals surface area contributed by atoms with Crippen LogP contribution in [0.2, 0.25) is 5.15 Å². The summed E-state index contributed by atoms with van der Waals surface area (Å²) in [5.74, 6) is 0.0287. The van der Waals surface area contributed by atoms with E-state index in [-0.39, 0.29) is 35.7 Å². The zero-order chi connectivity index (χ0) is 42.8. The molecule has 4 heterocycles. The first-order valence-corrected chi connectivity index (χ1v) is 21.2. The molecular weight excluding hydrogens is 805 g/mol. The molecular formula is C45H51Cl2N7O6. The lowest BCUT2D eigenvalue weighted by atomic mass is 9.95. The molecule has 0 unspecified atom stereocenters. The number of H-pyrrole nitrogens is 1. The minimum absolute atomic E-state index is 0.118. The molecule has 3 aliphatic heterocycles. The van der Waals surface area contributed by atoms with Crippen molar-refractivity contribution in [2.45, 2.75) is 84.0 Å². The third-order valence-corrected chi connectivity index (χ3v) is 12.3. The summed E-state index contributed by atoms with van der Waals surface area (Å²) in [7, 11) is 2.57. The Kier molecular flexibility index (Phi) is 12.9. The molecule has 0 bridgehead atoms. The second-order valence-electron chi connectivity index (χ2n) is 16.3. The van der Waals surface area contributed by atoms with Crippen molar-refractivity contribution in [1.29, 1.82) is 0 Å². The molecule has 0 radical (unpaired) electrons. The first-order chi connectivity index (χ1) is 28.8. The topological polar surface area (TPSA) is 158 Å². The molecule has 60 heavy (non-hydrogen) atoms. The van der Waals surface area contributed by atoms with Gasteiger partial charge < -0.3 is 34.9 Å². The lowest BCUT2D eigenvalue weighted by Crippen LogP contribution is -2.53. The second kappa shape index (κ2) is 18.1. The fraction of sp³-hybridized carbons (Fsp3) is 0.422. The number of rotatable bonds is 11. The highest BCUT2D eigenvalue weighted by Gasteiger charge is 2.40. The quantitative estimate of drug-likeness (QED) is 0.127. The Labute approximate surface area is 359 Å². The van der Waals surface area contributed by atoms with Gasteiger partial charge in [-0.15, -0.1) is 0 Å². The third-order valence-electron chi connectivity index (χ3n) is 11.8. The van der Waals surface area contributed by atoms with Gasteiger partial charge in [0.15, 0.2) is 0 Å². The van der Waals surface area contributed by atoms with E-state index < -0.39 is 24.3 Å². The van der Waals surface area contributed by atoms with Crippen LogP contribution in [0.5, 0.6) is 0 Å². The number of nitrogens with one attached hydrogen (secondary N) is 3. The van der Waals surface area contributed by atoms with Crippen LogP contribution in [0.4, 0.5) is 9.59 Å². The van der Waals surface area contributed by atoms with Crippen molar-refractivity contribution < 1.29 is 28.7 Å². The summed E-state index contributed by atoms with van der Waals surface area (Å²) in [6.07, 6.45) is 2.40. The highest BCUT2D eigenvalue weighted by molar-refractivity contribution is 6.35. The van der Waals surface area contributed by atoms with E-state index in [4.69, 9.17) is 42.7 Å². The molecule has 7 rings (SSSR count). The number of benzene rings is 3. The van der Waals surface area contributed by atoms with E-state index in [1.807, 2.05) is 38.7 Å². The zero-order valence-corrected chi connectivity index (χ0v) is 36.2. The fourth-order valence-electron chi connectivity index (χ4n) is 8.50. The van der Waals surface area contributed by atoms with Gasteiger partial charge in [0.2, 0.25) is 11.8 Å². The van der Waals surface area contributed by atoms with Gasteiger partial charge in [0.25, 0.3) is 0 Å². The molecule has 2 fully saturated rings. The van der Waals surface area contributed by atoms with E-state index in [2.05, 4.69) is 70.2 Å². The minimum Gasteiger partial charge on any atom is -0.453 e. The van der Waals surface area contributed by atoms with Crippen molar-refractivity contribution in [3.8, 4) is 22.4 Å². The maximum absolute atomic E-state index is 13.6. The molecule has 0 saturated carbocycles. The molecule has 13 nitrogen and oxygen atoms in total. The van der Waals surface area contributed by atoms with Crippen molar-refractivity contribution >= 4 is 69.3 Å². The molecule has 0 aliphatic carbocycles. The zero-order valence-electron chi connectivity index (χ0n) is 34.7. The molecule has 316 valence electrons.